The highest BCUT2D eigenvalue weighted by Gasteiger charge is 2.43. The van der Waals surface area contributed by atoms with Crippen molar-refractivity contribution in [3.05, 3.63) is 52.2 Å². The van der Waals surface area contributed by atoms with Crippen molar-refractivity contribution in [1.29, 1.82) is 0 Å². The number of nitrogens with one attached hydrogen (secondary N) is 1. The minimum atomic E-state index is -1.09. The maximum absolute atomic E-state index is 13.1. The van der Waals surface area contributed by atoms with Gasteiger partial charge in [0.2, 0.25) is 5.91 Å². The zero-order valence-electron chi connectivity index (χ0n) is 17.4. The number of rotatable bonds is 5. The normalized spacial score (nSPS) is 18.3. The van der Waals surface area contributed by atoms with Crippen molar-refractivity contribution in [3.63, 3.8) is 0 Å². The van der Waals surface area contributed by atoms with Crippen molar-refractivity contribution in [3.8, 4) is 11.1 Å². The van der Waals surface area contributed by atoms with Gasteiger partial charge in [-0.1, -0.05) is 12.1 Å². The minimum Gasteiger partial charge on any atom is -0.411 e. The lowest BCUT2D eigenvalue weighted by Gasteiger charge is -2.12. The quantitative estimate of drug-likeness (QED) is 0.372. The molecule has 3 aromatic rings. The van der Waals surface area contributed by atoms with Gasteiger partial charge in [0.15, 0.2) is 0 Å². The number of oxime groups is 1. The number of anilines is 1. The number of aryl methyl sites for hydroxylation is 2. The molecule has 1 fully saturated rings. The Morgan fingerprint density at radius 2 is 2.03 bits per heavy atom. The lowest BCUT2D eigenvalue weighted by molar-refractivity contribution is -0.117. The van der Waals surface area contributed by atoms with E-state index in [1.165, 1.54) is 4.57 Å². The number of halogens is 1. The smallest absolute Gasteiger partial charge is 0.258 e. The fourth-order valence-electron chi connectivity index (χ4n) is 3.58. The summed E-state index contributed by atoms with van der Waals surface area (Å²) in [6, 6.07) is 5.12. The third-order valence-corrected chi connectivity index (χ3v) is 5.56. The topological polar surface area (TPSA) is 109 Å². The maximum Gasteiger partial charge on any atom is 0.258 e. The van der Waals surface area contributed by atoms with E-state index in [0.717, 1.165) is 5.56 Å². The standard InChI is InChI=1S/C22H22FN5O3/c1-4-17(27-31)18-5-11(2)15(10-24-18)13-6-12-9-25-20(8-19(12)28(3)22(13)30)26-21(29)14-7-16(14)23/h5-6,8-10,14,16,31H,4,7H2,1-3H3,(H,25,26,29)/b27-17-/t14-,16+/m0/s1. The van der Waals surface area contributed by atoms with Crippen LogP contribution in [0.2, 0.25) is 0 Å². The largest absolute Gasteiger partial charge is 0.411 e. The Bertz CT molecular complexity index is 1280. The summed E-state index contributed by atoms with van der Waals surface area (Å²) >= 11 is 0. The Morgan fingerprint density at radius 1 is 1.29 bits per heavy atom. The van der Waals surface area contributed by atoms with E-state index in [-0.39, 0.29) is 17.8 Å². The van der Waals surface area contributed by atoms with Crippen LogP contribution in [0.15, 0.2) is 40.5 Å². The van der Waals surface area contributed by atoms with Crippen LogP contribution in [0.25, 0.3) is 22.0 Å². The van der Waals surface area contributed by atoms with Gasteiger partial charge in [0.25, 0.3) is 5.56 Å². The molecular weight excluding hydrogens is 401 g/mol. The van der Waals surface area contributed by atoms with Crippen molar-refractivity contribution >= 4 is 28.3 Å². The van der Waals surface area contributed by atoms with Crippen LogP contribution in [0.3, 0.4) is 0 Å². The minimum absolute atomic E-state index is 0.230. The number of hydrogen-bond donors (Lipinski definition) is 2. The monoisotopic (exact) mass is 423 g/mol. The lowest BCUT2D eigenvalue weighted by Crippen LogP contribution is -2.20. The molecule has 1 aliphatic rings. The molecule has 3 heterocycles. The van der Waals surface area contributed by atoms with Crippen LogP contribution in [0.1, 0.15) is 31.0 Å². The maximum atomic E-state index is 13.1. The van der Waals surface area contributed by atoms with Gasteiger partial charge < -0.3 is 15.1 Å². The zero-order valence-corrected chi connectivity index (χ0v) is 17.4. The molecule has 0 unspecified atom stereocenters. The molecule has 3 aromatic heterocycles. The first-order valence-electron chi connectivity index (χ1n) is 9.97. The molecular formula is C22H22FN5O3. The van der Waals surface area contributed by atoms with Crippen LogP contribution >= 0.6 is 0 Å². The first kappa shape index (κ1) is 20.6. The van der Waals surface area contributed by atoms with Crippen molar-refractivity contribution in [2.75, 3.05) is 5.32 Å². The Morgan fingerprint density at radius 3 is 2.65 bits per heavy atom. The number of amides is 1. The number of pyridine rings is 3. The second-order valence-electron chi connectivity index (χ2n) is 7.68. The van der Waals surface area contributed by atoms with Gasteiger partial charge in [-0.2, -0.15) is 0 Å². The number of carbonyl (C=O) groups excluding carboxylic acids is 1. The molecule has 0 aliphatic heterocycles. The van der Waals surface area contributed by atoms with E-state index in [1.54, 1.807) is 37.6 Å². The van der Waals surface area contributed by atoms with E-state index < -0.39 is 18.0 Å². The summed E-state index contributed by atoms with van der Waals surface area (Å²) in [4.78, 5) is 33.6. The molecule has 160 valence electrons. The highest BCUT2D eigenvalue weighted by molar-refractivity contribution is 5.99. The molecule has 9 heteroatoms. The predicted octanol–water partition coefficient (Wildman–Crippen LogP) is 3.19. The summed E-state index contributed by atoms with van der Waals surface area (Å²) in [6.45, 7) is 3.73. The second-order valence-corrected chi connectivity index (χ2v) is 7.68. The van der Waals surface area contributed by atoms with Crippen LogP contribution in [0.4, 0.5) is 10.2 Å². The van der Waals surface area contributed by atoms with Crippen molar-refractivity contribution in [2.24, 2.45) is 18.1 Å². The predicted molar refractivity (Wildman–Crippen MR) is 115 cm³/mol. The van der Waals surface area contributed by atoms with E-state index in [2.05, 4.69) is 20.4 Å². The number of hydrogen-bond acceptors (Lipinski definition) is 6. The van der Waals surface area contributed by atoms with Gasteiger partial charge in [-0.05, 0) is 37.5 Å². The van der Waals surface area contributed by atoms with Crippen LogP contribution in [0, 0.1) is 12.8 Å². The van der Waals surface area contributed by atoms with Crippen LogP contribution in [-0.4, -0.2) is 37.5 Å². The highest BCUT2D eigenvalue weighted by atomic mass is 19.1. The molecule has 31 heavy (non-hydrogen) atoms. The van der Waals surface area contributed by atoms with E-state index >= 15 is 0 Å². The fourth-order valence-corrected chi connectivity index (χ4v) is 3.58. The van der Waals surface area contributed by atoms with Crippen molar-refractivity contribution in [1.82, 2.24) is 14.5 Å². The second kappa shape index (κ2) is 7.90. The van der Waals surface area contributed by atoms with Gasteiger partial charge in [-0.3, -0.25) is 14.6 Å². The molecule has 0 radical (unpaired) electrons. The van der Waals surface area contributed by atoms with Gasteiger partial charge in [0, 0.05) is 42.0 Å². The number of alkyl halides is 1. The zero-order chi connectivity index (χ0) is 22.3. The molecule has 4 rings (SSSR count). The van der Waals surface area contributed by atoms with Gasteiger partial charge >= 0.3 is 0 Å². The van der Waals surface area contributed by atoms with E-state index in [0.29, 0.717) is 39.9 Å². The average molecular weight is 423 g/mol. The van der Waals surface area contributed by atoms with Gasteiger partial charge in [-0.25, -0.2) is 9.37 Å². The third kappa shape index (κ3) is 3.78. The summed E-state index contributed by atoms with van der Waals surface area (Å²) in [5.74, 6) is -0.746. The summed E-state index contributed by atoms with van der Waals surface area (Å²) in [5.41, 5.74) is 3.32. The average Bonchev–Trinajstić information content (AvgIpc) is 3.49. The third-order valence-electron chi connectivity index (χ3n) is 5.56. The van der Waals surface area contributed by atoms with Gasteiger partial charge in [-0.15, -0.1) is 0 Å². The molecule has 0 saturated heterocycles. The Labute approximate surface area is 177 Å². The summed E-state index contributed by atoms with van der Waals surface area (Å²) in [7, 11) is 1.64. The number of fused-ring (bicyclic) bond motifs is 1. The first-order valence-corrected chi connectivity index (χ1v) is 9.97. The molecule has 0 aromatic carbocycles. The van der Waals surface area contributed by atoms with Gasteiger partial charge in [0.1, 0.15) is 17.7 Å². The molecule has 0 spiro atoms. The van der Waals surface area contributed by atoms with Crippen LogP contribution in [0.5, 0.6) is 0 Å². The lowest BCUT2D eigenvalue weighted by atomic mass is 10.0. The van der Waals surface area contributed by atoms with Crippen LogP contribution < -0.4 is 10.9 Å². The van der Waals surface area contributed by atoms with Gasteiger partial charge in [0.05, 0.1) is 17.1 Å². The molecule has 1 aliphatic carbocycles. The SMILES string of the molecule is CC/C(=N/O)c1cc(C)c(-c2cc3cnc(NC(=O)[C@H]4C[C@H]4F)cc3n(C)c2=O)cn1. The highest BCUT2D eigenvalue weighted by Crippen LogP contribution is 2.34. The Kier molecular flexibility index (Phi) is 5.26. The number of nitrogens with zero attached hydrogens (tertiary/aromatic N) is 4. The first-order chi connectivity index (χ1) is 14.8. The molecule has 0 bridgehead atoms. The molecule has 1 amide bonds. The Balaban J connectivity index is 1.73. The fraction of sp³-hybridized carbons (Fsp3) is 0.318. The summed E-state index contributed by atoms with van der Waals surface area (Å²) in [5, 5.41) is 15.7. The van der Waals surface area contributed by atoms with E-state index in [1.807, 2.05) is 13.8 Å². The summed E-state index contributed by atoms with van der Waals surface area (Å²) in [6.07, 6.45) is 2.83. The van der Waals surface area contributed by atoms with Crippen LogP contribution in [-0.2, 0) is 11.8 Å². The van der Waals surface area contributed by atoms with E-state index in [4.69, 9.17) is 5.21 Å². The Hall–Kier alpha value is -3.62. The van der Waals surface area contributed by atoms with E-state index in [9.17, 15) is 14.0 Å². The molecule has 2 atom stereocenters. The van der Waals surface area contributed by atoms with Crippen molar-refractivity contribution < 1.29 is 14.4 Å². The van der Waals surface area contributed by atoms with Crippen molar-refractivity contribution in [2.45, 2.75) is 32.9 Å². The number of carbonyl (C=O) groups is 1. The molecule has 2 N–H and O–H groups in total. The summed E-state index contributed by atoms with van der Waals surface area (Å²) < 4.78 is 14.6. The number of aromatic nitrogens is 3. The molecule has 1 saturated carbocycles. The molecule has 8 nitrogen and oxygen atoms in total.